The monoisotopic (exact) mass is 408 g/mol. The number of aryl methyl sites for hydroxylation is 2. The molecule has 0 bridgehead atoms. The third-order valence-electron chi connectivity index (χ3n) is 4.30. The number of hydrogen-bond acceptors (Lipinski definition) is 5. The Balaban J connectivity index is 1.93. The summed E-state index contributed by atoms with van der Waals surface area (Å²) in [5, 5.41) is 6.93. The molecule has 1 aromatic heterocycles. The van der Waals surface area contributed by atoms with E-state index in [1.165, 1.54) is 19.2 Å². The molecule has 0 saturated carbocycles. The van der Waals surface area contributed by atoms with Gasteiger partial charge in [-0.2, -0.15) is 9.82 Å². The lowest BCUT2D eigenvalue weighted by Crippen LogP contribution is -2.49. The number of amides is 1. The molecule has 1 aromatic carbocycles. The molecule has 1 amide bonds. The van der Waals surface area contributed by atoms with Gasteiger partial charge in [0.25, 0.3) is 0 Å². The Morgan fingerprint density at radius 1 is 1.25 bits per heavy atom. The molecule has 2 aromatic rings. The van der Waals surface area contributed by atoms with Gasteiger partial charge in [0.15, 0.2) is 0 Å². The topological polar surface area (TPSA) is 102 Å². The predicted molar refractivity (Wildman–Crippen MR) is 106 cm³/mol. The average molecular weight is 409 g/mol. The Hall–Kier alpha value is -2.39. The molecule has 2 rings (SSSR count). The molecule has 0 aliphatic rings. The molecule has 0 aliphatic carbocycles. The summed E-state index contributed by atoms with van der Waals surface area (Å²) >= 11 is 0. The highest BCUT2D eigenvalue weighted by Gasteiger charge is 2.28. The van der Waals surface area contributed by atoms with E-state index in [0.29, 0.717) is 12.3 Å². The van der Waals surface area contributed by atoms with Gasteiger partial charge in [-0.25, -0.2) is 8.42 Å². The molecule has 0 saturated heterocycles. The molecule has 0 fully saturated rings. The lowest BCUT2D eigenvalue weighted by molar-refractivity contribution is -0.123. The molecule has 1 heterocycles. The largest absolute Gasteiger partial charge is 0.497 e. The summed E-state index contributed by atoms with van der Waals surface area (Å²) in [6.07, 6.45) is 5.26. The van der Waals surface area contributed by atoms with Gasteiger partial charge in [-0.1, -0.05) is 13.8 Å². The molecule has 1 atom stereocenters. The number of carbonyl (C=O) groups excluding carboxylic acids is 1. The van der Waals surface area contributed by atoms with E-state index < -0.39 is 16.1 Å². The molecular formula is C19H28N4O4S. The first-order valence-electron chi connectivity index (χ1n) is 9.14. The number of benzene rings is 1. The van der Waals surface area contributed by atoms with Crippen LogP contribution in [0.15, 0.2) is 41.6 Å². The number of nitrogens with zero attached hydrogens (tertiary/aromatic N) is 2. The quantitative estimate of drug-likeness (QED) is 0.580. The van der Waals surface area contributed by atoms with Crippen LogP contribution >= 0.6 is 0 Å². The maximum Gasteiger partial charge on any atom is 0.241 e. The Bertz CT molecular complexity index is 876. The molecule has 2 N–H and O–H groups in total. The minimum atomic E-state index is -3.82. The van der Waals surface area contributed by atoms with Crippen LogP contribution in [0, 0.1) is 5.92 Å². The molecule has 0 spiro atoms. The number of carbonyl (C=O) groups is 1. The molecule has 0 aliphatic heterocycles. The highest BCUT2D eigenvalue weighted by atomic mass is 32.2. The van der Waals surface area contributed by atoms with Crippen LogP contribution in [0.25, 0.3) is 0 Å². The summed E-state index contributed by atoms with van der Waals surface area (Å²) < 4.78 is 34.5. The van der Waals surface area contributed by atoms with Crippen molar-refractivity contribution in [3.05, 3.63) is 42.2 Å². The van der Waals surface area contributed by atoms with Crippen LogP contribution in [0.4, 0.5) is 0 Å². The van der Waals surface area contributed by atoms with Crippen molar-refractivity contribution in [1.29, 1.82) is 0 Å². The minimum Gasteiger partial charge on any atom is -0.497 e. The van der Waals surface area contributed by atoms with E-state index in [0.717, 1.165) is 18.4 Å². The van der Waals surface area contributed by atoms with Crippen LogP contribution in [0.2, 0.25) is 0 Å². The van der Waals surface area contributed by atoms with Gasteiger partial charge in [0.1, 0.15) is 11.8 Å². The third kappa shape index (κ3) is 6.07. The summed E-state index contributed by atoms with van der Waals surface area (Å²) in [5.74, 6) is 0.0235. The van der Waals surface area contributed by atoms with E-state index in [-0.39, 0.29) is 16.7 Å². The summed E-state index contributed by atoms with van der Waals surface area (Å²) in [7, 11) is -0.459. The van der Waals surface area contributed by atoms with Crippen molar-refractivity contribution in [1.82, 2.24) is 19.8 Å². The zero-order valence-electron chi connectivity index (χ0n) is 16.7. The summed E-state index contributed by atoms with van der Waals surface area (Å²) in [5.41, 5.74) is 1.09. The Morgan fingerprint density at radius 2 is 1.93 bits per heavy atom. The van der Waals surface area contributed by atoms with Gasteiger partial charge < -0.3 is 10.1 Å². The fourth-order valence-corrected chi connectivity index (χ4v) is 4.04. The highest BCUT2D eigenvalue weighted by Crippen LogP contribution is 2.16. The number of ether oxygens (including phenoxy) is 1. The van der Waals surface area contributed by atoms with Gasteiger partial charge in [-0.05, 0) is 48.6 Å². The number of sulfonamides is 1. The van der Waals surface area contributed by atoms with Gasteiger partial charge in [-0.3, -0.25) is 9.48 Å². The number of methoxy groups -OCH3 is 1. The smallest absolute Gasteiger partial charge is 0.241 e. The maximum absolute atomic E-state index is 12.6. The lowest BCUT2D eigenvalue weighted by atomic mass is 10.0. The average Bonchev–Trinajstić information content (AvgIpc) is 3.08. The lowest BCUT2D eigenvalue weighted by Gasteiger charge is -2.21. The van der Waals surface area contributed by atoms with Gasteiger partial charge in [0.2, 0.25) is 15.9 Å². The summed E-state index contributed by atoms with van der Waals surface area (Å²) in [6.45, 7) is 4.06. The van der Waals surface area contributed by atoms with E-state index in [1.54, 1.807) is 36.9 Å². The van der Waals surface area contributed by atoms with Crippen LogP contribution in [0.3, 0.4) is 0 Å². The Kier molecular flexibility index (Phi) is 7.59. The van der Waals surface area contributed by atoms with Crippen LogP contribution in [-0.2, 0) is 28.3 Å². The van der Waals surface area contributed by atoms with Gasteiger partial charge in [-0.15, -0.1) is 0 Å². The Morgan fingerprint density at radius 3 is 2.46 bits per heavy atom. The molecule has 28 heavy (non-hydrogen) atoms. The van der Waals surface area contributed by atoms with E-state index in [1.807, 2.05) is 13.2 Å². The maximum atomic E-state index is 12.6. The highest BCUT2D eigenvalue weighted by molar-refractivity contribution is 7.89. The summed E-state index contributed by atoms with van der Waals surface area (Å²) in [4.78, 5) is 12.6. The second-order valence-corrected chi connectivity index (χ2v) is 8.65. The van der Waals surface area contributed by atoms with Crippen molar-refractivity contribution in [3.63, 3.8) is 0 Å². The summed E-state index contributed by atoms with van der Waals surface area (Å²) in [6, 6.07) is 5.18. The first-order chi connectivity index (χ1) is 13.2. The van der Waals surface area contributed by atoms with Crippen LogP contribution < -0.4 is 14.8 Å². The van der Waals surface area contributed by atoms with Crippen LogP contribution in [-0.4, -0.2) is 43.8 Å². The van der Waals surface area contributed by atoms with Crippen molar-refractivity contribution < 1.29 is 17.9 Å². The van der Waals surface area contributed by atoms with Gasteiger partial charge in [0, 0.05) is 19.8 Å². The van der Waals surface area contributed by atoms with Gasteiger partial charge >= 0.3 is 0 Å². The zero-order valence-corrected chi connectivity index (χ0v) is 17.5. The van der Waals surface area contributed by atoms with Crippen molar-refractivity contribution in [3.8, 4) is 5.75 Å². The van der Waals surface area contributed by atoms with E-state index >= 15 is 0 Å². The second kappa shape index (κ2) is 9.70. The van der Waals surface area contributed by atoms with Crippen molar-refractivity contribution in [2.45, 2.75) is 37.6 Å². The van der Waals surface area contributed by atoms with E-state index in [4.69, 9.17) is 4.74 Å². The third-order valence-corrected chi connectivity index (χ3v) is 5.76. The normalized spacial score (nSPS) is 12.8. The van der Waals surface area contributed by atoms with Crippen molar-refractivity contribution >= 4 is 15.9 Å². The molecule has 0 unspecified atom stereocenters. The van der Waals surface area contributed by atoms with E-state index in [9.17, 15) is 13.2 Å². The first kappa shape index (κ1) is 21.9. The molecule has 154 valence electrons. The van der Waals surface area contributed by atoms with Crippen molar-refractivity contribution in [2.24, 2.45) is 13.0 Å². The fraction of sp³-hybridized carbons (Fsp3) is 0.474. The second-order valence-electron chi connectivity index (χ2n) is 6.94. The standard InChI is InChI=1S/C19H28N4O4S/c1-14(2)18(19(24)20-11-5-6-15-12-21-23(3)13-15)22-28(25,26)17-9-7-16(27-4)8-10-17/h7-10,12-14,18,22H,5-6,11H2,1-4H3,(H,20,24)/t18-/m0/s1. The zero-order chi connectivity index (χ0) is 20.7. The minimum absolute atomic E-state index is 0.0864. The SMILES string of the molecule is COc1ccc(S(=O)(=O)N[C@H](C(=O)NCCCc2cnn(C)c2)C(C)C)cc1. The van der Waals surface area contributed by atoms with Crippen LogP contribution in [0.5, 0.6) is 5.75 Å². The van der Waals surface area contributed by atoms with Crippen molar-refractivity contribution in [2.75, 3.05) is 13.7 Å². The first-order valence-corrected chi connectivity index (χ1v) is 10.6. The number of hydrogen-bond donors (Lipinski definition) is 2. The van der Waals surface area contributed by atoms with E-state index in [2.05, 4.69) is 15.1 Å². The molecule has 0 radical (unpaired) electrons. The number of rotatable bonds is 10. The predicted octanol–water partition coefficient (Wildman–Crippen LogP) is 1.48. The number of nitrogens with one attached hydrogen (secondary N) is 2. The van der Waals surface area contributed by atoms with Gasteiger partial charge in [0.05, 0.1) is 18.2 Å². The molecular weight excluding hydrogens is 380 g/mol. The van der Waals surface area contributed by atoms with Crippen LogP contribution in [0.1, 0.15) is 25.8 Å². The Labute approximate surface area is 166 Å². The number of aromatic nitrogens is 2. The molecule has 8 nitrogen and oxygen atoms in total. The fourth-order valence-electron chi connectivity index (χ4n) is 2.70. The molecule has 9 heteroatoms.